The topological polar surface area (TPSA) is 107 Å². The lowest BCUT2D eigenvalue weighted by molar-refractivity contribution is 0.0950. The number of nitrogens with one attached hydrogen (secondary N) is 1. The molecule has 0 atom stereocenters. The van der Waals surface area contributed by atoms with Gasteiger partial charge in [0, 0.05) is 35.8 Å². The lowest BCUT2D eigenvalue weighted by Gasteiger charge is -2.09. The van der Waals surface area contributed by atoms with Gasteiger partial charge >= 0.3 is 0 Å². The second-order valence-electron chi connectivity index (χ2n) is 6.92. The van der Waals surface area contributed by atoms with Crippen LogP contribution >= 0.6 is 0 Å². The second-order valence-corrected chi connectivity index (χ2v) is 8.91. The molecule has 1 amide bonds. The number of benzene rings is 1. The summed E-state index contributed by atoms with van der Waals surface area (Å²) in [6, 6.07) is 12.0. The molecule has 1 N–H and O–H groups in total. The summed E-state index contributed by atoms with van der Waals surface area (Å²) in [6.45, 7) is 1.88. The van der Waals surface area contributed by atoms with Crippen molar-refractivity contribution in [3.63, 3.8) is 0 Å². The highest BCUT2D eigenvalue weighted by Crippen LogP contribution is 2.18. The first-order valence-electron chi connectivity index (χ1n) is 9.16. The average molecular weight is 421 g/mol. The molecule has 0 unspecified atom stereocenters. The smallest absolute Gasteiger partial charge is 0.251 e. The minimum Gasteiger partial charge on any atom is -0.346 e. The highest BCUT2D eigenvalue weighted by molar-refractivity contribution is 7.90. The molecule has 0 aliphatic heterocycles. The van der Waals surface area contributed by atoms with Crippen molar-refractivity contribution in [2.24, 2.45) is 0 Å². The van der Waals surface area contributed by atoms with E-state index < -0.39 is 9.84 Å². The van der Waals surface area contributed by atoms with Crippen LogP contribution in [0.15, 0.2) is 66.0 Å². The molecule has 0 radical (unpaired) electrons. The average Bonchev–Trinajstić information content (AvgIpc) is 3.26. The number of rotatable bonds is 5. The lowest BCUT2D eigenvalue weighted by Crippen LogP contribution is -2.23. The molecule has 4 aromatic rings. The van der Waals surface area contributed by atoms with Gasteiger partial charge in [-0.25, -0.2) is 18.1 Å². The summed E-state index contributed by atoms with van der Waals surface area (Å²) in [5.41, 5.74) is 2.25. The summed E-state index contributed by atoms with van der Waals surface area (Å²) >= 11 is 0. The number of hydrogen-bond acceptors (Lipinski definition) is 6. The van der Waals surface area contributed by atoms with E-state index >= 15 is 0 Å². The van der Waals surface area contributed by atoms with Crippen molar-refractivity contribution < 1.29 is 13.2 Å². The Hall–Kier alpha value is -3.59. The first-order valence-corrected chi connectivity index (χ1v) is 11.0. The molecule has 3 aromatic heterocycles. The van der Waals surface area contributed by atoms with Gasteiger partial charge in [0.2, 0.25) is 0 Å². The third kappa shape index (κ3) is 4.06. The summed E-state index contributed by atoms with van der Waals surface area (Å²) in [5, 5.41) is 7.83. The zero-order valence-corrected chi connectivity index (χ0v) is 17.2. The zero-order valence-electron chi connectivity index (χ0n) is 16.4. The van der Waals surface area contributed by atoms with Gasteiger partial charge in [0.15, 0.2) is 15.7 Å². The van der Waals surface area contributed by atoms with Crippen LogP contribution in [-0.2, 0) is 16.4 Å². The molecule has 30 heavy (non-hydrogen) atoms. The van der Waals surface area contributed by atoms with Crippen LogP contribution in [0.4, 0.5) is 0 Å². The van der Waals surface area contributed by atoms with Crippen LogP contribution in [-0.4, -0.2) is 40.3 Å². The number of fused-ring (bicyclic) bond motifs is 1. The first kappa shape index (κ1) is 19.7. The van der Waals surface area contributed by atoms with Gasteiger partial charge in [0.25, 0.3) is 5.91 Å². The van der Waals surface area contributed by atoms with Crippen molar-refractivity contribution >= 4 is 26.6 Å². The maximum absolute atomic E-state index is 12.5. The van der Waals surface area contributed by atoms with Crippen LogP contribution in [0.5, 0.6) is 0 Å². The Bertz CT molecular complexity index is 1350. The van der Waals surface area contributed by atoms with E-state index in [1.54, 1.807) is 42.2 Å². The predicted octanol–water partition coefficient (Wildman–Crippen LogP) is 2.46. The quantitative estimate of drug-likeness (QED) is 0.530. The largest absolute Gasteiger partial charge is 0.346 e. The molecule has 152 valence electrons. The monoisotopic (exact) mass is 421 g/mol. The SMILES string of the molecule is Cc1ccc(C(=O)NCc2cc3nc(-n4cccn4)ccc3cn2)cc1S(C)(=O)=O. The third-order valence-corrected chi connectivity index (χ3v) is 5.87. The van der Waals surface area contributed by atoms with Gasteiger partial charge < -0.3 is 5.32 Å². The van der Waals surface area contributed by atoms with E-state index in [9.17, 15) is 13.2 Å². The van der Waals surface area contributed by atoms with E-state index in [1.165, 1.54) is 6.07 Å². The van der Waals surface area contributed by atoms with Gasteiger partial charge in [-0.3, -0.25) is 9.78 Å². The van der Waals surface area contributed by atoms with Crippen LogP contribution in [0.1, 0.15) is 21.6 Å². The molecular weight excluding hydrogens is 402 g/mol. The minimum absolute atomic E-state index is 0.148. The highest BCUT2D eigenvalue weighted by Gasteiger charge is 2.15. The Morgan fingerprint density at radius 2 is 2.00 bits per heavy atom. The molecule has 8 nitrogen and oxygen atoms in total. The first-order chi connectivity index (χ1) is 14.3. The van der Waals surface area contributed by atoms with Gasteiger partial charge in [0.05, 0.1) is 22.7 Å². The van der Waals surface area contributed by atoms with E-state index in [0.29, 0.717) is 17.1 Å². The molecule has 4 rings (SSSR count). The number of amides is 1. The molecule has 0 aliphatic carbocycles. The van der Waals surface area contributed by atoms with Gasteiger partial charge in [-0.2, -0.15) is 5.10 Å². The number of aromatic nitrogens is 4. The normalized spacial score (nSPS) is 11.5. The summed E-state index contributed by atoms with van der Waals surface area (Å²) in [5.74, 6) is 0.307. The molecule has 9 heteroatoms. The van der Waals surface area contributed by atoms with Crippen LogP contribution < -0.4 is 5.32 Å². The van der Waals surface area contributed by atoms with Crippen molar-refractivity contribution in [2.75, 3.05) is 6.26 Å². The molecule has 0 saturated heterocycles. The Balaban J connectivity index is 1.54. The summed E-state index contributed by atoms with van der Waals surface area (Å²) in [7, 11) is -3.41. The molecule has 3 heterocycles. The van der Waals surface area contributed by atoms with E-state index in [1.807, 2.05) is 24.4 Å². The van der Waals surface area contributed by atoms with E-state index in [4.69, 9.17) is 0 Å². The Morgan fingerprint density at radius 3 is 2.73 bits per heavy atom. The van der Waals surface area contributed by atoms with Crippen molar-refractivity contribution in [1.82, 2.24) is 25.1 Å². The van der Waals surface area contributed by atoms with E-state index in [-0.39, 0.29) is 22.9 Å². The van der Waals surface area contributed by atoms with Crippen LogP contribution in [0.25, 0.3) is 16.7 Å². The molecule has 0 aliphatic rings. The molecule has 0 fully saturated rings. The summed E-state index contributed by atoms with van der Waals surface area (Å²) in [6.07, 6.45) is 6.31. The molecule has 0 saturated carbocycles. The maximum Gasteiger partial charge on any atom is 0.251 e. The lowest BCUT2D eigenvalue weighted by atomic mass is 10.1. The fraction of sp³-hybridized carbons (Fsp3) is 0.143. The number of nitrogens with zero attached hydrogens (tertiary/aromatic N) is 4. The zero-order chi connectivity index (χ0) is 21.3. The molecule has 0 spiro atoms. The van der Waals surface area contributed by atoms with Gasteiger partial charge in [-0.15, -0.1) is 0 Å². The van der Waals surface area contributed by atoms with E-state index in [0.717, 1.165) is 17.2 Å². The van der Waals surface area contributed by atoms with Crippen LogP contribution in [0.3, 0.4) is 0 Å². The van der Waals surface area contributed by atoms with Gasteiger partial charge in [-0.1, -0.05) is 6.07 Å². The van der Waals surface area contributed by atoms with Crippen molar-refractivity contribution in [1.29, 1.82) is 0 Å². The summed E-state index contributed by atoms with van der Waals surface area (Å²) in [4.78, 5) is 21.6. The number of carbonyl (C=O) groups is 1. The van der Waals surface area contributed by atoms with E-state index in [2.05, 4.69) is 20.4 Å². The standard InChI is InChI=1S/C21H19N5O3S/c1-14-4-5-15(10-19(14)30(2,28)29)21(27)23-13-17-11-18-16(12-22-17)6-7-20(25-18)26-9-3-8-24-26/h3-12H,13H2,1-2H3,(H,23,27). The Kier molecular flexibility index (Phi) is 5.04. The number of carbonyl (C=O) groups excluding carboxylic acids is 1. The van der Waals surface area contributed by atoms with Crippen molar-refractivity contribution in [3.05, 3.63) is 77.9 Å². The minimum atomic E-state index is -3.41. The molecular formula is C21H19N5O3S. The Labute approximate surface area is 173 Å². The van der Waals surface area contributed by atoms with Crippen molar-refractivity contribution in [2.45, 2.75) is 18.4 Å². The number of aryl methyl sites for hydroxylation is 1. The fourth-order valence-electron chi connectivity index (χ4n) is 3.09. The van der Waals surface area contributed by atoms with Crippen molar-refractivity contribution in [3.8, 4) is 5.82 Å². The van der Waals surface area contributed by atoms with Crippen LogP contribution in [0.2, 0.25) is 0 Å². The predicted molar refractivity (Wildman–Crippen MR) is 112 cm³/mol. The fourth-order valence-corrected chi connectivity index (χ4v) is 4.08. The second kappa shape index (κ2) is 7.68. The number of pyridine rings is 2. The number of sulfone groups is 1. The third-order valence-electron chi connectivity index (χ3n) is 4.63. The number of hydrogen-bond donors (Lipinski definition) is 1. The Morgan fingerprint density at radius 1 is 1.17 bits per heavy atom. The van der Waals surface area contributed by atoms with Gasteiger partial charge in [-0.05, 0) is 48.9 Å². The maximum atomic E-state index is 12.5. The molecule has 0 bridgehead atoms. The van der Waals surface area contributed by atoms with Gasteiger partial charge in [0.1, 0.15) is 0 Å². The summed E-state index contributed by atoms with van der Waals surface area (Å²) < 4.78 is 25.4. The van der Waals surface area contributed by atoms with Crippen LogP contribution in [0, 0.1) is 6.92 Å². The highest BCUT2D eigenvalue weighted by atomic mass is 32.2. The molecule has 1 aromatic carbocycles.